The molecule has 2 aliphatic heterocycles. The second-order valence-electron chi connectivity index (χ2n) is 7.18. The Bertz CT molecular complexity index is 989. The monoisotopic (exact) mass is 381 g/mol. The van der Waals surface area contributed by atoms with Crippen LogP contribution in [0.1, 0.15) is 36.3 Å². The summed E-state index contributed by atoms with van der Waals surface area (Å²) in [6, 6.07) is 9.42. The van der Waals surface area contributed by atoms with E-state index in [0.29, 0.717) is 29.9 Å². The third-order valence-electron chi connectivity index (χ3n) is 5.20. The quantitative estimate of drug-likeness (QED) is 0.856. The molecule has 2 heterocycles. The standard InChI is InChI=1S/C21H20FN3O3/c1-12-9-14(5-7-18(12)25-8-2-3-20(25)27)23-21(28)16-11-19(26)24-17-10-13(22)4-6-15(16)17/h4-7,9-10,16H,2-3,8,11H2,1H3,(H,23,28)(H,24,26)/t16-/m1/s1. The summed E-state index contributed by atoms with van der Waals surface area (Å²) < 4.78 is 13.5. The first-order valence-electron chi connectivity index (χ1n) is 9.23. The van der Waals surface area contributed by atoms with Gasteiger partial charge in [0.1, 0.15) is 5.82 Å². The van der Waals surface area contributed by atoms with Gasteiger partial charge >= 0.3 is 0 Å². The average Bonchev–Trinajstić information content (AvgIpc) is 3.06. The first kappa shape index (κ1) is 18.2. The van der Waals surface area contributed by atoms with Crippen LogP contribution in [0.2, 0.25) is 0 Å². The molecule has 0 saturated carbocycles. The van der Waals surface area contributed by atoms with Crippen molar-refractivity contribution in [1.82, 2.24) is 0 Å². The summed E-state index contributed by atoms with van der Waals surface area (Å²) in [5, 5.41) is 5.45. The lowest BCUT2D eigenvalue weighted by molar-refractivity contribution is -0.123. The van der Waals surface area contributed by atoms with Crippen LogP contribution in [0.3, 0.4) is 0 Å². The largest absolute Gasteiger partial charge is 0.326 e. The minimum atomic E-state index is -0.690. The van der Waals surface area contributed by atoms with Crippen molar-refractivity contribution in [1.29, 1.82) is 0 Å². The highest BCUT2D eigenvalue weighted by molar-refractivity contribution is 6.05. The third-order valence-corrected chi connectivity index (χ3v) is 5.20. The molecule has 1 fully saturated rings. The maximum Gasteiger partial charge on any atom is 0.232 e. The van der Waals surface area contributed by atoms with E-state index in [-0.39, 0.29) is 24.1 Å². The molecule has 2 aromatic rings. The Morgan fingerprint density at radius 3 is 2.75 bits per heavy atom. The van der Waals surface area contributed by atoms with Crippen LogP contribution in [0.4, 0.5) is 21.5 Å². The summed E-state index contributed by atoms with van der Waals surface area (Å²) in [5.74, 6) is -1.70. The highest BCUT2D eigenvalue weighted by Gasteiger charge is 2.31. The molecule has 1 atom stereocenters. The molecule has 144 valence electrons. The smallest absolute Gasteiger partial charge is 0.232 e. The predicted molar refractivity (Wildman–Crippen MR) is 104 cm³/mol. The number of carbonyl (C=O) groups is 3. The van der Waals surface area contributed by atoms with Crippen LogP contribution in [-0.2, 0) is 14.4 Å². The van der Waals surface area contributed by atoms with E-state index >= 15 is 0 Å². The van der Waals surface area contributed by atoms with Gasteiger partial charge in [-0.1, -0.05) is 6.07 Å². The molecule has 0 unspecified atom stereocenters. The Kier molecular flexibility index (Phi) is 4.58. The zero-order valence-electron chi connectivity index (χ0n) is 15.4. The SMILES string of the molecule is Cc1cc(NC(=O)[C@@H]2CC(=O)Nc3cc(F)ccc32)ccc1N1CCCC1=O. The topological polar surface area (TPSA) is 78.5 Å². The summed E-state index contributed by atoms with van der Waals surface area (Å²) in [5.41, 5.74) is 3.24. The zero-order chi connectivity index (χ0) is 19.8. The molecule has 28 heavy (non-hydrogen) atoms. The van der Waals surface area contributed by atoms with Gasteiger partial charge in [0.05, 0.1) is 5.92 Å². The van der Waals surface area contributed by atoms with Crippen molar-refractivity contribution in [2.45, 2.75) is 32.1 Å². The molecule has 0 aliphatic carbocycles. The van der Waals surface area contributed by atoms with E-state index < -0.39 is 11.7 Å². The summed E-state index contributed by atoms with van der Waals surface area (Å²) in [7, 11) is 0. The van der Waals surface area contributed by atoms with Crippen LogP contribution in [0.25, 0.3) is 0 Å². The van der Waals surface area contributed by atoms with Gasteiger partial charge in [-0.3, -0.25) is 14.4 Å². The number of nitrogens with zero attached hydrogens (tertiary/aromatic N) is 1. The van der Waals surface area contributed by atoms with Gasteiger partial charge < -0.3 is 15.5 Å². The van der Waals surface area contributed by atoms with E-state index in [0.717, 1.165) is 17.7 Å². The van der Waals surface area contributed by atoms with Crippen LogP contribution < -0.4 is 15.5 Å². The van der Waals surface area contributed by atoms with Gasteiger partial charge in [0, 0.05) is 36.4 Å². The van der Waals surface area contributed by atoms with Gasteiger partial charge in [0.25, 0.3) is 0 Å². The van der Waals surface area contributed by atoms with Crippen molar-refractivity contribution in [2.75, 3.05) is 22.1 Å². The Balaban J connectivity index is 1.55. The van der Waals surface area contributed by atoms with Crippen LogP contribution >= 0.6 is 0 Å². The van der Waals surface area contributed by atoms with Gasteiger partial charge in [-0.25, -0.2) is 4.39 Å². The number of carbonyl (C=O) groups excluding carboxylic acids is 3. The number of amides is 3. The van der Waals surface area contributed by atoms with E-state index in [9.17, 15) is 18.8 Å². The van der Waals surface area contributed by atoms with Gasteiger partial charge in [-0.05, 0) is 54.8 Å². The van der Waals surface area contributed by atoms with Gasteiger partial charge in [0.15, 0.2) is 0 Å². The minimum absolute atomic E-state index is 0.00378. The van der Waals surface area contributed by atoms with Crippen molar-refractivity contribution in [3.8, 4) is 0 Å². The van der Waals surface area contributed by atoms with Crippen molar-refractivity contribution < 1.29 is 18.8 Å². The third kappa shape index (κ3) is 3.35. The second kappa shape index (κ2) is 7.07. The molecule has 0 radical (unpaired) electrons. The minimum Gasteiger partial charge on any atom is -0.326 e. The van der Waals surface area contributed by atoms with E-state index in [4.69, 9.17) is 0 Å². The summed E-state index contributed by atoms with van der Waals surface area (Å²) in [6.07, 6.45) is 1.41. The number of halogens is 1. The highest BCUT2D eigenvalue weighted by Crippen LogP contribution is 2.34. The Labute approximate surface area is 161 Å². The zero-order valence-corrected chi connectivity index (χ0v) is 15.4. The van der Waals surface area contributed by atoms with Crippen LogP contribution in [-0.4, -0.2) is 24.3 Å². The Morgan fingerprint density at radius 2 is 2.04 bits per heavy atom. The summed E-state index contributed by atoms with van der Waals surface area (Å²) in [4.78, 5) is 38.5. The van der Waals surface area contributed by atoms with Crippen molar-refractivity contribution >= 4 is 34.8 Å². The van der Waals surface area contributed by atoms with Gasteiger partial charge in [0.2, 0.25) is 17.7 Å². The fourth-order valence-corrected chi connectivity index (χ4v) is 3.84. The summed E-state index contributed by atoms with van der Waals surface area (Å²) in [6.45, 7) is 2.60. The molecule has 2 N–H and O–H groups in total. The molecule has 7 heteroatoms. The number of nitrogens with one attached hydrogen (secondary N) is 2. The number of hydrogen-bond donors (Lipinski definition) is 2. The molecule has 0 bridgehead atoms. The second-order valence-corrected chi connectivity index (χ2v) is 7.18. The first-order valence-corrected chi connectivity index (χ1v) is 9.23. The molecule has 0 aromatic heterocycles. The van der Waals surface area contributed by atoms with E-state index in [2.05, 4.69) is 10.6 Å². The van der Waals surface area contributed by atoms with Crippen molar-refractivity contribution in [3.63, 3.8) is 0 Å². The average molecular weight is 381 g/mol. The number of benzene rings is 2. The van der Waals surface area contributed by atoms with Crippen molar-refractivity contribution in [3.05, 3.63) is 53.3 Å². The molecule has 4 rings (SSSR count). The lowest BCUT2D eigenvalue weighted by Crippen LogP contribution is -2.31. The molecule has 2 aliphatic rings. The number of aryl methyl sites for hydroxylation is 1. The predicted octanol–water partition coefficient (Wildman–Crippen LogP) is 3.33. The van der Waals surface area contributed by atoms with Gasteiger partial charge in [-0.2, -0.15) is 0 Å². The fourth-order valence-electron chi connectivity index (χ4n) is 3.84. The van der Waals surface area contributed by atoms with Gasteiger partial charge in [-0.15, -0.1) is 0 Å². The number of anilines is 3. The van der Waals surface area contributed by atoms with E-state index in [1.165, 1.54) is 18.2 Å². The maximum absolute atomic E-state index is 13.5. The normalized spacial score (nSPS) is 18.6. The number of hydrogen-bond acceptors (Lipinski definition) is 3. The van der Waals surface area contributed by atoms with Crippen molar-refractivity contribution in [2.24, 2.45) is 0 Å². The van der Waals surface area contributed by atoms with Crippen LogP contribution in [0.15, 0.2) is 36.4 Å². The maximum atomic E-state index is 13.5. The van der Waals surface area contributed by atoms with E-state index in [1.54, 1.807) is 11.0 Å². The number of rotatable bonds is 3. The fraction of sp³-hybridized carbons (Fsp3) is 0.286. The number of fused-ring (bicyclic) bond motifs is 1. The lowest BCUT2D eigenvalue weighted by Gasteiger charge is -2.25. The van der Waals surface area contributed by atoms with Crippen LogP contribution in [0, 0.1) is 12.7 Å². The van der Waals surface area contributed by atoms with E-state index in [1.807, 2.05) is 19.1 Å². The molecule has 6 nitrogen and oxygen atoms in total. The molecule has 2 aromatic carbocycles. The highest BCUT2D eigenvalue weighted by atomic mass is 19.1. The lowest BCUT2D eigenvalue weighted by atomic mass is 9.89. The molecular weight excluding hydrogens is 361 g/mol. The Morgan fingerprint density at radius 1 is 1.21 bits per heavy atom. The molecule has 3 amide bonds. The van der Waals surface area contributed by atoms with Crippen LogP contribution in [0.5, 0.6) is 0 Å². The Hall–Kier alpha value is -3.22. The summed E-state index contributed by atoms with van der Waals surface area (Å²) >= 11 is 0. The molecule has 1 saturated heterocycles. The molecule has 0 spiro atoms. The first-order chi connectivity index (χ1) is 13.4. The molecular formula is C21H20FN3O3.